The van der Waals surface area contributed by atoms with Gasteiger partial charge >= 0.3 is 0 Å². The zero-order valence-electron chi connectivity index (χ0n) is 20.7. The number of hydrogen-bond acceptors (Lipinski definition) is 2. The van der Waals surface area contributed by atoms with Crippen molar-refractivity contribution in [3.8, 4) is 22.3 Å². The summed E-state index contributed by atoms with van der Waals surface area (Å²) in [6, 6.07) is 43.8. The van der Waals surface area contributed by atoms with Gasteiger partial charge in [0.15, 0.2) is 0 Å². The van der Waals surface area contributed by atoms with Gasteiger partial charge in [0.1, 0.15) is 0 Å². The van der Waals surface area contributed by atoms with Gasteiger partial charge in [-0.1, -0.05) is 121 Å². The van der Waals surface area contributed by atoms with Crippen LogP contribution < -0.4 is 5.32 Å². The predicted octanol–water partition coefficient (Wildman–Crippen LogP) is 8.75. The summed E-state index contributed by atoms with van der Waals surface area (Å²) in [5.41, 5.74) is 8.30. The van der Waals surface area contributed by atoms with E-state index >= 15 is 0 Å². The Morgan fingerprint density at radius 2 is 0.973 bits per heavy atom. The molecule has 2 heteroatoms. The monoisotopic (exact) mass is 474 g/mol. The molecular formula is C35H26N2. The van der Waals surface area contributed by atoms with Crippen LogP contribution in [-0.2, 0) is 6.54 Å². The van der Waals surface area contributed by atoms with Gasteiger partial charge in [0.2, 0.25) is 0 Å². The van der Waals surface area contributed by atoms with Crippen LogP contribution >= 0.6 is 0 Å². The first-order chi connectivity index (χ1) is 18.3. The quantitative estimate of drug-likeness (QED) is 0.204. The van der Waals surface area contributed by atoms with E-state index in [0.29, 0.717) is 0 Å². The van der Waals surface area contributed by atoms with Crippen molar-refractivity contribution in [1.82, 2.24) is 10.3 Å². The minimum atomic E-state index is 0.880. The van der Waals surface area contributed by atoms with Crippen LogP contribution in [0.5, 0.6) is 0 Å². The lowest BCUT2D eigenvalue weighted by Gasteiger charge is -2.15. The second-order valence-corrected chi connectivity index (χ2v) is 9.66. The molecule has 0 radical (unpaired) electrons. The maximum atomic E-state index is 5.30. The van der Waals surface area contributed by atoms with E-state index < -0.39 is 0 Å². The standard InChI is InChI=1S/C35H26N2/c1-36-22-23-10-12-24(13-11-23)25-14-16-28(17-15-25)33-31-20-18-26-6-2-4-8-29(26)34(31)37-35-30-9-5-3-7-27(30)19-21-32(33)35/h2-21,36H,22H2,1H3. The summed E-state index contributed by atoms with van der Waals surface area (Å²) in [4.78, 5) is 5.30. The fourth-order valence-corrected chi connectivity index (χ4v) is 5.57. The van der Waals surface area contributed by atoms with Crippen LogP contribution in [0.25, 0.3) is 65.6 Å². The highest BCUT2D eigenvalue weighted by atomic mass is 14.8. The SMILES string of the molecule is CNCc1ccc(-c2ccc(-c3c4ccc5ccccc5c4nc4c3ccc3ccccc34)cc2)cc1. The van der Waals surface area contributed by atoms with E-state index in [1.54, 1.807) is 0 Å². The van der Waals surface area contributed by atoms with E-state index in [2.05, 4.69) is 127 Å². The highest BCUT2D eigenvalue weighted by Gasteiger charge is 2.15. The largest absolute Gasteiger partial charge is 0.316 e. The molecule has 0 atom stereocenters. The molecule has 0 aliphatic rings. The van der Waals surface area contributed by atoms with E-state index in [0.717, 1.165) is 17.6 Å². The minimum absolute atomic E-state index is 0.880. The zero-order valence-corrected chi connectivity index (χ0v) is 20.7. The topological polar surface area (TPSA) is 24.9 Å². The molecule has 1 aromatic heterocycles. The van der Waals surface area contributed by atoms with E-state index in [1.165, 1.54) is 60.1 Å². The Morgan fingerprint density at radius 1 is 0.486 bits per heavy atom. The predicted molar refractivity (Wildman–Crippen MR) is 158 cm³/mol. The number of nitrogens with zero attached hydrogens (tertiary/aromatic N) is 1. The Kier molecular flexibility index (Phi) is 5.20. The second-order valence-electron chi connectivity index (χ2n) is 9.66. The van der Waals surface area contributed by atoms with Gasteiger partial charge in [-0.05, 0) is 40.1 Å². The summed E-state index contributed by atoms with van der Waals surface area (Å²) in [7, 11) is 1.98. The molecule has 0 bridgehead atoms. The van der Waals surface area contributed by atoms with Crippen LogP contribution in [0, 0.1) is 0 Å². The lowest BCUT2D eigenvalue weighted by molar-refractivity contribution is 0.818. The third-order valence-corrected chi connectivity index (χ3v) is 7.41. The van der Waals surface area contributed by atoms with Crippen LogP contribution in [-0.4, -0.2) is 12.0 Å². The van der Waals surface area contributed by atoms with E-state index in [1.807, 2.05) is 7.05 Å². The van der Waals surface area contributed by atoms with Gasteiger partial charge in [-0.25, -0.2) is 4.98 Å². The Hall–Kier alpha value is -4.53. The molecule has 0 saturated carbocycles. The summed E-state index contributed by atoms with van der Waals surface area (Å²) in [6.45, 7) is 0.880. The maximum absolute atomic E-state index is 5.30. The molecule has 37 heavy (non-hydrogen) atoms. The first-order valence-electron chi connectivity index (χ1n) is 12.8. The van der Waals surface area contributed by atoms with Gasteiger partial charge < -0.3 is 5.32 Å². The third kappa shape index (κ3) is 3.66. The van der Waals surface area contributed by atoms with Crippen molar-refractivity contribution in [2.75, 3.05) is 7.05 Å². The smallest absolute Gasteiger partial charge is 0.0794 e. The number of fused-ring (bicyclic) bond motifs is 6. The summed E-state index contributed by atoms with van der Waals surface area (Å²) >= 11 is 0. The Labute approximate surface area is 216 Å². The van der Waals surface area contributed by atoms with Gasteiger partial charge in [0, 0.05) is 33.7 Å². The minimum Gasteiger partial charge on any atom is -0.316 e. The summed E-state index contributed by atoms with van der Waals surface area (Å²) < 4.78 is 0. The molecule has 6 aromatic carbocycles. The summed E-state index contributed by atoms with van der Waals surface area (Å²) in [5, 5.41) is 10.4. The third-order valence-electron chi connectivity index (χ3n) is 7.41. The number of hydrogen-bond donors (Lipinski definition) is 1. The Bertz CT molecular complexity index is 1820. The molecule has 0 spiro atoms. The maximum Gasteiger partial charge on any atom is 0.0794 e. The van der Waals surface area contributed by atoms with Crippen molar-refractivity contribution in [2.45, 2.75) is 6.54 Å². The molecule has 0 saturated heterocycles. The fraction of sp³-hybridized carbons (Fsp3) is 0.0571. The number of aromatic nitrogens is 1. The first kappa shape index (κ1) is 21.7. The van der Waals surface area contributed by atoms with Crippen molar-refractivity contribution in [1.29, 1.82) is 0 Å². The van der Waals surface area contributed by atoms with Gasteiger partial charge in [-0.2, -0.15) is 0 Å². The summed E-state index contributed by atoms with van der Waals surface area (Å²) in [6.07, 6.45) is 0. The number of rotatable bonds is 4. The highest BCUT2D eigenvalue weighted by molar-refractivity contribution is 6.21. The highest BCUT2D eigenvalue weighted by Crippen LogP contribution is 2.40. The number of benzene rings is 6. The molecule has 176 valence electrons. The zero-order chi connectivity index (χ0) is 24.8. The van der Waals surface area contributed by atoms with E-state index in [-0.39, 0.29) is 0 Å². The van der Waals surface area contributed by atoms with Crippen LogP contribution in [0.4, 0.5) is 0 Å². The molecule has 0 amide bonds. The van der Waals surface area contributed by atoms with Crippen molar-refractivity contribution in [2.24, 2.45) is 0 Å². The summed E-state index contributed by atoms with van der Waals surface area (Å²) in [5.74, 6) is 0. The first-order valence-corrected chi connectivity index (χ1v) is 12.8. The molecule has 1 heterocycles. The average molecular weight is 475 g/mol. The normalized spacial score (nSPS) is 11.6. The van der Waals surface area contributed by atoms with Crippen molar-refractivity contribution in [3.63, 3.8) is 0 Å². The van der Waals surface area contributed by atoms with E-state index in [9.17, 15) is 0 Å². The number of pyridine rings is 1. The molecule has 2 nitrogen and oxygen atoms in total. The molecule has 7 rings (SSSR count). The molecule has 7 aromatic rings. The lowest BCUT2D eigenvalue weighted by atomic mass is 9.91. The van der Waals surface area contributed by atoms with Crippen molar-refractivity contribution < 1.29 is 0 Å². The Morgan fingerprint density at radius 3 is 1.51 bits per heavy atom. The molecule has 1 N–H and O–H groups in total. The van der Waals surface area contributed by atoms with Crippen LogP contribution in [0.15, 0.2) is 121 Å². The van der Waals surface area contributed by atoms with Gasteiger partial charge in [0.25, 0.3) is 0 Å². The van der Waals surface area contributed by atoms with E-state index in [4.69, 9.17) is 4.98 Å². The molecule has 0 aliphatic carbocycles. The molecular weight excluding hydrogens is 448 g/mol. The van der Waals surface area contributed by atoms with Crippen LogP contribution in [0.1, 0.15) is 5.56 Å². The molecule has 0 fully saturated rings. The van der Waals surface area contributed by atoms with Crippen molar-refractivity contribution >= 4 is 43.4 Å². The average Bonchev–Trinajstić information content (AvgIpc) is 2.96. The molecule has 0 aliphatic heterocycles. The number of nitrogens with one attached hydrogen (secondary N) is 1. The lowest BCUT2D eigenvalue weighted by Crippen LogP contribution is -2.04. The van der Waals surface area contributed by atoms with Gasteiger partial charge in [-0.3, -0.25) is 0 Å². The molecule has 0 unspecified atom stereocenters. The Balaban J connectivity index is 1.48. The fourth-order valence-electron chi connectivity index (χ4n) is 5.57. The van der Waals surface area contributed by atoms with Crippen LogP contribution in [0.2, 0.25) is 0 Å². The second kappa shape index (κ2) is 8.85. The van der Waals surface area contributed by atoms with Crippen molar-refractivity contribution in [3.05, 3.63) is 127 Å². The van der Waals surface area contributed by atoms with Crippen LogP contribution in [0.3, 0.4) is 0 Å². The van der Waals surface area contributed by atoms with Gasteiger partial charge in [-0.15, -0.1) is 0 Å². The van der Waals surface area contributed by atoms with Gasteiger partial charge in [0.05, 0.1) is 11.0 Å².